The molecule has 0 aliphatic carbocycles. The molecule has 5 nitrogen and oxygen atoms in total. The maximum atomic E-state index is 11.7. The predicted molar refractivity (Wildman–Crippen MR) is 63.4 cm³/mol. The van der Waals surface area contributed by atoms with E-state index in [0.29, 0.717) is 15.7 Å². The number of alkyl carbamates (subject to hydrolysis) is 1. The van der Waals surface area contributed by atoms with Crippen LogP contribution in [0.3, 0.4) is 0 Å². The van der Waals surface area contributed by atoms with Gasteiger partial charge in [0.2, 0.25) is 0 Å². The Morgan fingerprint density at radius 1 is 1.47 bits per heavy atom. The van der Waals surface area contributed by atoms with E-state index in [-0.39, 0.29) is 6.61 Å². The molecule has 1 aromatic rings. The van der Waals surface area contributed by atoms with Crippen LogP contribution < -0.4 is 10.6 Å². The van der Waals surface area contributed by atoms with Gasteiger partial charge in [0.1, 0.15) is 12.6 Å². The summed E-state index contributed by atoms with van der Waals surface area (Å²) in [6.07, 6.45) is -0.609. The van der Waals surface area contributed by atoms with Gasteiger partial charge in [-0.25, -0.2) is 4.79 Å². The molecular weight excluding hydrogens is 267 g/mol. The van der Waals surface area contributed by atoms with Gasteiger partial charge in [0.25, 0.3) is 5.91 Å². The molecule has 1 aliphatic heterocycles. The first kappa shape index (κ1) is 12.0. The summed E-state index contributed by atoms with van der Waals surface area (Å²) in [5.41, 5.74) is 0.394. The van der Waals surface area contributed by atoms with Crippen LogP contribution in [0.1, 0.15) is 0 Å². The van der Waals surface area contributed by atoms with Crippen molar-refractivity contribution in [2.45, 2.75) is 6.04 Å². The molecule has 2 N–H and O–H groups in total. The molecule has 1 fully saturated rings. The van der Waals surface area contributed by atoms with E-state index in [1.807, 2.05) is 0 Å². The van der Waals surface area contributed by atoms with E-state index in [9.17, 15) is 9.59 Å². The molecular formula is C10H8Cl2N2O3. The molecule has 1 heterocycles. The molecule has 1 aromatic carbocycles. The summed E-state index contributed by atoms with van der Waals surface area (Å²) in [6.45, 7) is 0.00283. The number of hydrogen-bond acceptors (Lipinski definition) is 3. The van der Waals surface area contributed by atoms with Crippen LogP contribution in [0.4, 0.5) is 10.5 Å². The van der Waals surface area contributed by atoms with Crippen molar-refractivity contribution in [1.82, 2.24) is 5.32 Å². The molecule has 0 spiro atoms. The third-order valence-corrected chi connectivity index (χ3v) is 2.74. The second-order valence-corrected chi connectivity index (χ2v) is 4.25. The SMILES string of the molecule is O=C1NC(C(=O)Nc2cc(Cl)ccc2Cl)CO1. The van der Waals surface area contributed by atoms with Crippen molar-refractivity contribution in [3.05, 3.63) is 28.2 Å². The predicted octanol–water partition coefficient (Wildman–Crippen LogP) is 2.04. The Bertz CT molecular complexity index is 479. The van der Waals surface area contributed by atoms with E-state index < -0.39 is 18.0 Å². The molecule has 1 unspecified atom stereocenters. The van der Waals surface area contributed by atoms with Crippen LogP contribution in [0.5, 0.6) is 0 Å². The second kappa shape index (κ2) is 4.81. The smallest absolute Gasteiger partial charge is 0.407 e. The number of ether oxygens (including phenoxy) is 1. The number of nitrogens with one attached hydrogen (secondary N) is 2. The van der Waals surface area contributed by atoms with Gasteiger partial charge in [-0.3, -0.25) is 4.79 Å². The van der Waals surface area contributed by atoms with Crippen LogP contribution in [0.25, 0.3) is 0 Å². The normalized spacial score (nSPS) is 18.5. The Kier molecular flexibility index (Phi) is 3.40. The molecule has 0 saturated carbocycles. The Hall–Kier alpha value is -1.46. The molecule has 17 heavy (non-hydrogen) atoms. The van der Waals surface area contributed by atoms with Crippen molar-refractivity contribution in [3.8, 4) is 0 Å². The van der Waals surface area contributed by atoms with E-state index in [1.54, 1.807) is 12.1 Å². The second-order valence-electron chi connectivity index (χ2n) is 3.41. The van der Waals surface area contributed by atoms with Crippen LogP contribution in [0, 0.1) is 0 Å². The number of carbonyl (C=O) groups excluding carboxylic acids is 2. The lowest BCUT2D eigenvalue weighted by Gasteiger charge is -2.10. The van der Waals surface area contributed by atoms with Crippen LogP contribution in [-0.4, -0.2) is 24.6 Å². The van der Waals surface area contributed by atoms with Crippen LogP contribution in [0.2, 0.25) is 10.0 Å². The molecule has 90 valence electrons. The van der Waals surface area contributed by atoms with Gasteiger partial charge >= 0.3 is 6.09 Å². The van der Waals surface area contributed by atoms with Crippen molar-refractivity contribution in [2.75, 3.05) is 11.9 Å². The average molecular weight is 275 g/mol. The summed E-state index contributed by atoms with van der Waals surface area (Å²) in [7, 11) is 0. The minimum absolute atomic E-state index is 0.00283. The van der Waals surface area contributed by atoms with Crippen LogP contribution in [0.15, 0.2) is 18.2 Å². The summed E-state index contributed by atoms with van der Waals surface area (Å²) in [4.78, 5) is 22.5. The topological polar surface area (TPSA) is 67.4 Å². The average Bonchev–Trinajstić information content (AvgIpc) is 2.70. The van der Waals surface area contributed by atoms with Gasteiger partial charge in [-0.2, -0.15) is 0 Å². The highest BCUT2D eigenvalue weighted by atomic mass is 35.5. The first-order valence-electron chi connectivity index (χ1n) is 4.75. The van der Waals surface area contributed by atoms with Crippen LogP contribution in [-0.2, 0) is 9.53 Å². The summed E-state index contributed by atoms with van der Waals surface area (Å²) < 4.78 is 4.61. The number of hydrogen-bond donors (Lipinski definition) is 2. The van der Waals surface area contributed by atoms with E-state index in [1.165, 1.54) is 6.07 Å². The van der Waals surface area contributed by atoms with Gasteiger partial charge in [0.15, 0.2) is 0 Å². The zero-order chi connectivity index (χ0) is 12.4. The number of rotatable bonds is 2. The Balaban J connectivity index is 2.07. The highest BCUT2D eigenvalue weighted by Gasteiger charge is 2.29. The molecule has 0 radical (unpaired) electrons. The van der Waals surface area contributed by atoms with Gasteiger partial charge < -0.3 is 15.4 Å². The first-order chi connectivity index (χ1) is 8.06. The number of cyclic esters (lactones) is 1. The minimum Gasteiger partial charge on any atom is -0.447 e. The Labute approximate surface area is 107 Å². The minimum atomic E-state index is -0.711. The largest absolute Gasteiger partial charge is 0.447 e. The monoisotopic (exact) mass is 274 g/mol. The standard InChI is InChI=1S/C10H8Cl2N2O3/c11-5-1-2-6(12)7(3-5)13-9(15)8-4-17-10(16)14-8/h1-3,8H,4H2,(H,13,15)(H,14,16). The van der Waals surface area contributed by atoms with Gasteiger partial charge in [-0.15, -0.1) is 0 Å². The highest BCUT2D eigenvalue weighted by Crippen LogP contribution is 2.25. The fourth-order valence-corrected chi connectivity index (χ4v) is 1.68. The maximum Gasteiger partial charge on any atom is 0.407 e. The molecule has 0 aromatic heterocycles. The molecule has 1 aliphatic rings. The Morgan fingerprint density at radius 3 is 2.88 bits per heavy atom. The zero-order valence-corrected chi connectivity index (χ0v) is 10.0. The number of benzene rings is 1. The highest BCUT2D eigenvalue weighted by molar-refractivity contribution is 6.35. The molecule has 7 heteroatoms. The zero-order valence-electron chi connectivity index (χ0n) is 8.50. The third kappa shape index (κ3) is 2.81. The van der Waals surface area contributed by atoms with Gasteiger partial charge in [-0.05, 0) is 18.2 Å². The summed E-state index contributed by atoms with van der Waals surface area (Å²) in [5, 5.41) is 5.75. The van der Waals surface area contributed by atoms with Crippen molar-refractivity contribution in [1.29, 1.82) is 0 Å². The van der Waals surface area contributed by atoms with Gasteiger partial charge in [0, 0.05) is 5.02 Å². The van der Waals surface area contributed by atoms with Gasteiger partial charge in [0.05, 0.1) is 10.7 Å². The molecule has 1 saturated heterocycles. The quantitative estimate of drug-likeness (QED) is 0.867. The number of anilines is 1. The fourth-order valence-electron chi connectivity index (χ4n) is 1.34. The van der Waals surface area contributed by atoms with E-state index in [2.05, 4.69) is 15.4 Å². The number of carbonyl (C=O) groups is 2. The summed E-state index contributed by atoms with van der Waals surface area (Å²) >= 11 is 11.7. The van der Waals surface area contributed by atoms with Crippen molar-refractivity contribution >= 4 is 40.9 Å². The molecule has 2 amide bonds. The van der Waals surface area contributed by atoms with E-state index in [0.717, 1.165) is 0 Å². The third-order valence-electron chi connectivity index (χ3n) is 2.18. The molecule has 1 atom stereocenters. The van der Waals surface area contributed by atoms with E-state index >= 15 is 0 Å². The van der Waals surface area contributed by atoms with Gasteiger partial charge in [-0.1, -0.05) is 23.2 Å². The Morgan fingerprint density at radius 2 is 2.24 bits per heavy atom. The first-order valence-corrected chi connectivity index (χ1v) is 5.51. The van der Waals surface area contributed by atoms with E-state index in [4.69, 9.17) is 23.2 Å². The lowest BCUT2D eigenvalue weighted by atomic mass is 10.2. The fraction of sp³-hybridized carbons (Fsp3) is 0.200. The maximum absolute atomic E-state index is 11.7. The summed E-state index contributed by atoms with van der Waals surface area (Å²) in [6, 6.07) is 4.00. The lowest BCUT2D eigenvalue weighted by molar-refractivity contribution is -0.117. The van der Waals surface area contributed by atoms with Crippen molar-refractivity contribution < 1.29 is 14.3 Å². The molecule has 0 bridgehead atoms. The van der Waals surface area contributed by atoms with Crippen molar-refractivity contribution in [2.24, 2.45) is 0 Å². The summed E-state index contributed by atoms with van der Waals surface area (Å²) in [5.74, 6) is -0.403. The number of halogens is 2. The van der Waals surface area contributed by atoms with Crippen molar-refractivity contribution in [3.63, 3.8) is 0 Å². The molecule has 2 rings (SSSR count). The van der Waals surface area contributed by atoms with Crippen LogP contribution >= 0.6 is 23.2 Å². The number of amides is 2. The lowest BCUT2D eigenvalue weighted by Crippen LogP contribution is -2.38.